The summed E-state index contributed by atoms with van der Waals surface area (Å²) in [5, 5.41) is 2.85. The largest absolute Gasteiger partial charge is 0.112 e. The lowest BCUT2D eigenvalue weighted by atomic mass is 9.94. The quantitative estimate of drug-likeness (QED) is 0.499. The number of halogens is 2. The van der Waals surface area contributed by atoms with Crippen LogP contribution in [0.1, 0.15) is 22.1 Å². The molecule has 3 aromatic rings. The van der Waals surface area contributed by atoms with Crippen molar-refractivity contribution >= 4 is 34.0 Å². The summed E-state index contributed by atoms with van der Waals surface area (Å²) in [5.74, 6) is 0. The highest BCUT2D eigenvalue weighted by atomic mass is 35.5. The van der Waals surface area contributed by atoms with Gasteiger partial charge in [-0.05, 0) is 40.5 Å². The van der Waals surface area contributed by atoms with Crippen molar-refractivity contribution in [2.45, 2.75) is 12.3 Å². The highest BCUT2D eigenvalue weighted by molar-refractivity contribution is 6.33. The first kappa shape index (κ1) is 13.5. The highest BCUT2D eigenvalue weighted by Gasteiger charge is 2.18. The van der Waals surface area contributed by atoms with E-state index in [4.69, 9.17) is 23.2 Å². The normalized spacial score (nSPS) is 12.6. The van der Waals surface area contributed by atoms with Crippen LogP contribution in [0.3, 0.4) is 0 Å². The molecule has 0 aliphatic carbocycles. The first-order valence-corrected chi connectivity index (χ1v) is 7.36. The van der Waals surface area contributed by atoms with Gasteiger partial charge in [-0.25, -0.2) is 0 Å². The number of fused-ring (bicyclic) bond motifs is 1. The molecule has 1 atom stereocenters. The van der Waals surface area contributed by atoms with Crippen LogP contribution in [0.2, 0.25) is 5.02 Å². The lowest BCUT2D eigenvalue weighted by Crippen LogP contribution is -1.98. The number of benzene rings is 3. The predicted molar refractivity (Wildman–Crippen MR) is 87.8 cm³/mol. The van der Waals surface area contributed by atoms with Gasteiger partial charge in [0.2, 0.25) is 0 Å². The van der Waals surface area contributed by atoms with Crippen molar-refractivity contribution in [2.75, 3.05) is 0 Å². The van der Waals surface area contributed by atoms with E-state index in [0.717, 1.165) is 11.1 Å². The van der Waals surface area contributed by atoms with Crippen molar-refractivity contribution < 1.29 is 0 Å². The van der Waals surface area contributed by atoms with E-state index in [2.05, 4.69) is 31.2 Å². The molecule has 0 heterocycles. The molecular weight excluding hydrogens is 287 g/mol. The molecule has 0 saturated heterocycles. The van der Waals surface area contributed by atoms with Crippen LogP contribution < -0.4 is 0 Å². The molecule has 3 rings (SSSR count). The number of alkyl halides is 1. The van der Waals surface area contributed by atoms with E-state index in [1.807, 2.05) is 36.4 Å². The van der Waals surface area contributed by atoms with E-state index in [0.29, 0.717) is 5.02 Å². The van der Waals surface area contributed by atoms with E-state index in [9.17, 15) is 0 Å². The summed E-state index contributed by atoms with van der Waals surface area (Å²) in [6, 6.07) is 20.3. The number of aryl methyl sites for hydroxylation is 1. The van der Waals surface area contributed by atoms with Crippen molar-refractivity contribution in [3.63, 3.8) is 0 Å². The average Bonchev–Trinajstić information content (AvgIpc) is 2.47. The molecule has 0 bridgehead atoms. The van der Waals surface area contributed by atoms with Gasteiger partial charge >= 0.3 is 0 Å². The van der Waals surface area contributed by atoms with Crippen LogP contribution >= 0.6 is 23.2 Å². The molecule has 0 radical (unpaired) electrons. The summed E-state index contributed by atoms with van der Waals surface area (Å²) in [5.41, 5.74) is 3.27. The summed E-state index contributed by atoms with van der Waals surface area (Å²) >= 11 is 13.0. The van der Waals surface area contributed by atoms with E-state index in [-0.39, 0.29) is 5.38 Å². The maximum atomic E-state index is 6.74. The first-order valence-electron chi connectivity index (χ1n) is 6.55. The van der Waals surface area contributed by atoms with Crippen LogP contribution in [0.4, 0.5) is 0 Å². The molecule has 0 aromatic heterocycles. The summed E-state index contributed by atoms with van der Waals surface area (Å²) in [7, 11) is 0. The Bertz CT molecular complexity index is 762. The Morgan fingerprint density at radius 3 is 2.35 bits per heavy atom. The Morgan fingerprint density at radius 2 is 1.55 bits per heavy atom. The Kier molecular flexibility index (Phi) is 3.69. The zero-order valence-electron chi connectivity index (χ0n) is 11.1. The molecule has 0 nitrogen and oxygen atoms in total. The molecule has 0 spiro atoms. The summed E-state index contributed by atoms with van der Waals surface area (Å²) < 4.78 is 0. The van der Waals surface area contributed by atoms with Crippen molar-refractivity contribution in [3.8, 4) is 0 Å². The van der Waals surface area contributed by atoms with Gasteiger partial charge in [-0.1, -0.05) is 66.2 Å². The topological polar surface area (TPSA) is 0 Å². The van der Waals surface area contributed by atoms with E-state index >= 15 is 0 Å². The molecule has 0 fully saturated rings. The molecule has 2 heteroatoms. The standard InChI is InChI=1S/C18H14Cl2/c1-12-10-11-13-6-2-3-7-14(13)17(12)18(20)15-8-4-5-9-16(15)19/h2-11,18H,1H3. The third-order valence-electron chi connectivity index (χ3n) is 3.62. The lowest BCUT2D eigenvalue weighted by molar-refractivity contribution is 1.13. The first-order chi connectivity index (χ1) is 9.68. The van der Waals surface area contributed by atoms with Crippen molar-refractivity contribution in [2.24, 2.45) is 0 Å². The third-order valence-corrected chi connectivity index (χ3v) is 4.42. The maximum absolute atomic E-state index is 6.74. The fourth-order valence-corrected chi connectivity index (χ4v) is 3.36. The van der Waals surface area contributed by atoms with Crippen LogP contribution in [-0.4, -0.2) is 0 Å². The Hall–Kier alpha value is -1.50. The molecule has 0 N–H and O–H groups in total. The van der Waals surface area contributed by atoms with Crippen LogP contribution in [0.5, 0.6) is 0 Å². The fourth-order valence-electron chi connectivity index (χ4n) is 2.58. The molecule has 0 amide bonds. The van der Waals surface area contributed by atoms with Gasteiger partial charge in [0, 0.05) is 5.02 Å². The Labute approximate surface area is 129 Å². The lowest BCUT2D eigenvalue weighted by Gasteiger charge is -2.17. The van der Waals surface area contributed by atoms with Gasteiger partial charge in [0.25, 0.3) is 0 Å². The van der Waals surface area contributed by atoms with E-state index < -0.39 is 0 Å². The number of hydrogen-bond donors (Lipinski definition) is 0. The molecule has 0 saturated carbocycles. The molecule has 0 aliphatic rings. The second-order valence-electron chi connectivity index (χ2n) is 4.90. The molecule has 3 aromatic carbocycles. The van der Waals surface area contributed by atoms with Gasteiger partial charge in [0.15, 0.2) is 0 Å². The number of hydrogen-bond acceptors (Lipinski definition) is 0. The molecular formula is C18H14Cl2. The zero-order valence-corrected chi connectivity index (χ0v) is 12.6. The van der Waals surface area contributed by atoms with Crippen LogP contribution in [0, 0.1) is 6.92 Å². The van der Waals surface area contributed by atoms with Crippen LogP contribution in [0.15, 0.2) is 60.7 Å². The second kappa shape index (κ2) is 5.47. The number of rotatable bonds is 2. The van der Waals surface area contributed by atoms with E-state index in [1.165, 1.54) is 16.3 Å². The van der Waals surface area contributed by atoms with Crippen molar-refractivity contribution in [3.05, 3.63) is 82.4 Å². The van der Waals surface area contributed by atoms with Crippen molar-refractivity contribution in [1.29, 1.82) is 0 Å². The van der Waals surface area contributed by atoms with Crippen molar-refractivity contribution in [1.82, 2.24) is 0 Å². The molecule has 20 heavy (non-hydrogen) atoms. The Morgan fingerprint density at radius 1 is 0.850 bits per heavy atom. The van der Waals surface area contributed by atoms with Gasteiger partial charge in [-0.3, -0.25) is 0 Å². The smallest absolute Gasteiger partial charge is 0.0858 e. The minimum Gasteiger partial charge on any atom is -0.112 e. The average molecular weight is 301 g/mol. The van der Waals surface area contributed by atoms with E-state index in [1.54, 1.807) is 0 Å². The third kappa shape index (κ3) is 2.30. The predicted octanol–water partition coefficient (Wildman–Crippen LogP) is 6.13. The fraction of sp³-hybridized carbons (Fsp3) is 0.111. The minimum absolute atomic E-state index is 0.241. The second-order valence-corrected chi connectivity index (χ2v) is 5.74. The molecule has 1 unspecified atom stereocenters. The van der Waals surface area contributed by atoms with Gasteiger partial charge in [-0.15, -0.1) is 11.6 Å². The maximum Gasteiger partial charge on any atom is 0.0858 e. The summed E-state index contributed by atoms with van der Waals surface area (Å²) in [6.45, 7) is 2.09. The van der Waals surface area contributed by atoms with Gasteiger partial charge in [-0.2, -0.15) is 0 Å². The van der Waals surface area contributed by atoms with Gasteiger partial charge in [0.1, 0.15) is 0 Å². The van der Waals surface area contributed by atoms with Gasteiger partial charge in [0.05, 0.1) is 5.38 Å². The van der Waals surface area contributed by atoms with Crippen LogP contribution in [0.25, 0.3) is 10.8 Å². The van der Waals surface area contributed by atoms with Gasteiger partial charge < -0.3 is 0 Å². The molecule has 0 aliphatic heterocycles. The summed E-state index contributed by atoms with van der Waals surface area (Å²) in [6.07, 6.45) is 0. The summed E-state index contributed by atoms with van der Waals surface area (Å²) in [4.78, 5) is 0. The SMILES string of the molecule is Cc1ccc2ccccc2c1C(Cl)c1ccccc1Cl. The van der Waals surface area contributed by atoms with Crippen LogP contribution in [-0.2, 0) is 0 Å². The zero-order chi connectivity index (χ0) is 14.1. The molecule has 100 valence electrons. The monoisotopic (exact) mass is 300 g/mol. The Balaban J connectivity index is 2.24. The highest BCUT2D eigenvalue weighted by Crippen LogP contribution is 2.38. The minimum atomic E-state index is -0.241.